The number of phenolic OH excluding ortho intramolecular Hbond substituents is 1. The number of carbonyl (C=O) groups excluding carboxylic acids is 11. The standard InChI is InChI=1S/C63H83IN20O13/c1-97-40-21-15-37(16-22-40)32-46(75-53(88)26-18-35-13-19-39(20-14-35)82-83-72)57(92)80-47(31-36-8-3-2-4-9-36)58(93)76-43(23-25-51(65)86)56(91)81-48(34-52(66)87)59(94)78-44(11-6-28-74-63(70)71)61(96)84-29-7-12-49(84)60(95)77-42(10-5-27-73-62(68)69)55(90)79-45(54(67)89)33-38-17-24-50(85)41(64)30-38/h2-4,8-9,13-17,19-22,24,30,42-49,85H,5-7,10-12,18,23,25-29,31-34H2,1H3,(H2,65,86)(H2,66,87)(H2,67,89)(H,75,88)(H,76,93)(H,77,95)(H,78,94)(H,79,90)(H,80,92)(H,81,91)(H4,68,69,73)(H4,70,71,74)/t42-,43-,44-,45-,46+,47-,48-,49-/m0/s1. The van der Waals surface area contributed by atoms with Gasteiger partial charge in [-0.3, -0.25) is 62.7 Å². The molecule has 0 bridgehead atoms. The van der Waals surface area contributed by atoms with Crippen molar-refractivity contribution >= 4 is 105 Å². The van der Waals surface area contributed by atoms with Gasteiger partial charge in [0, 0.05) is 62.3 Å². The highest BCUT2D eigenvalue weighted by molar-refractivity contribution is 14.1. The third-order valence-electron chi connectivity index (χ3n) is 15.3. The second-order valence-electron chi connectivity index (χ2n) is 22.7. The predicted molar refractivity (Wildman–Crippen MR) is 364 cm³/mol. The van der Waals surface area contributed by atoms with Gasteiger partial charge in [-0.15, -0.1) is 0 Å². The van der Waals surface area contributed by atoms with Crippen LogP contribution in [0.1, 0.15) is 86.5 Å². The SMILES string of the molecule is COc1ccc(C[C@@H](NC(=O)CCc2ccc(N=[N+]=[N-])cc2)C(=O)N[C@@H](Cc2ccccc2)C(=O)N[C@@H](CCC(N)=O)C(=O)N[C@@H](CC(N)=O)C(=O)N[C@@H](CCCN=C(N)N)C(=O)N2CCC[C@H]2C(=O)N[C@@H](CCCN=C(N)N)C(=O)N[C@@H](Cc2ccc(O)c(I)c2)C(N)=O)cc1. The van der Waals surface area contributed by atoms with Crippen molar-refractivity contribution in [2.45, 2.75) is 138 Å². The first-order valence-corrected chi connectivity index (χ1v) is 32.0. The van der Waals surface area contributed by atoms with Gasteiger partial charge in [-0.25, -0.2) is 0 Å². The van der Waals surface area contributed by atoms with Crippen molar-refractivity contribution in [2.75, 3.05) is 26.7 Å². The number of halogens is 1. The van der Waals surface area contributed by atoms with Crippen LogP contribution in [0.5, 0.6) is 11.5 Å². The number of guanidine groups is 2. The average molecular weight is 1460 g/mol. The molecule has 8 atom stereocenters. The van der Waals surface area contributed by atoms with E-state index < -0.39 is 133 Å². The third-order valence-corrected chi connectivity index (χ3v) is 16.2. The smallest absolute Gasteiger partial charge is 0.245 e. The Kier molecular flexibility index (Phi) is 31.1. The maximum Gasteiger partial charge on any atom is 0.245 e. The minimum Gasteiger partial charge on any atom is -0.507 e. The van der Waals surface area contributed by atoms with Gasteiger partial charge in [0.15, 0.2) is 11.9 Å². The van der Waals surface area contributed by atoms with Gasteiger partial charge in [-0.2, -0.15) is 0 Å². The number of phenols is 1. The lowest BCUT2D eigenvalue weighted by molar-refractivity contribution is -0.143. The van der Waals surface area contributed by atoms with Gasteiger partial charge in [0.2, 0.25) is 65.0 Å². The van der Waals surface area contributed by atoms with Crippen LogP contribution in [0.15, 0.2) is 112 Å². The summed E-state index contributed by atoms with van der Waals surface area (Å²) < 4.78 is 5.77. The Morgan fingerprint density at radius 3 is 1.66 bits per heavy atom. The Hall–Kier alpha value is -10.8. The second-order valence-corrected chi connectivity index (χ2v) is 23.9. The van der Waals surface area contributed by atoms with Gasteiger partial charge in [-0.1, -0.05) is 77.9 Å². The van der Waals surface area contributed by atoms with Crippen LogP contribution in [0, 0.1) is 3.57 Å². The number of ether oxygens (including phenoxy) is 1. The maximum atomic E-state index is 14.8. The highest BCUT2D eigenvalue weighted by Crippen LogP contribution is 2.24. The topological polar surface area (TPSA) is 560 Å². The Bertz CT molecular complexity index is 3530. The molecule has 0 radical (unpaired) electrons. The number of methoxy groups -OCH3 is 1. The number of rotatable bonds is 39. The molecule has 0 spiro atoms. The number of carbonyl (C=O) groups is 11. The normalized spacial score (nSPS) is 14.5. The molecule has 5 rings (SSSR count). The van der Waals surface area contributed by atoms with Crippen LogP contribution in [-0.2, 0) is 78.4 Å². The number of nitrogens with zero attached hydrogens (tertiary/aromatic N) is 6. The number of nitrogens with one attached hydrogen (secondary N) is 7. The summed E-state index contributed by atoms with van der Waals surface area (Å²) in [4.78, 5) is 165. The largest absolute Gasteiger partial charge is 0.507 e. The number of aryl methyl sites for hydroxylation is 1. The van der Waals surface area contributed by atoms with Crippen molar-refractivity contribution in [3.8, 4) is 11.5 Å². The molecule has 520 valence electrons. The molecular formula is C63H83IN20O13. The Labute approximate surface area is 572 Å². The van der Waals surface area contributed by atoms with E-state index in [0.29, 0.717) is 31.7 Å². The van der Waals surface area contributed by atoms with Gasteiger partial charge in [0.1, 0.15) is 59.8 Å². The van der Waals surface area contributed by atoms with E-state index in [2.05, 4.69) is 57.2 Å². The highest BCUT2D eigenvalue weighted by atomic mass is 127. The first kappa shape index (κ1) is 76.9. The monoisotopic (exact) mass is 1450 g/mol. The average Bonchev–Trinajstić information content (AvgIpc) is 1.59. The highest BCUT2D eigenvalue weighted by Gasteiger charge is 2.41. The molecule has 33 nitrogen and oxygen atoms in total. The summed E-state index contributed by atoms with van der Waals surface area (Å²) in [5.41, 5.74) is 50.7. The number of hydrogen-bond acceptors (Lipinski definition) is 16. The summed E-state index contributed by atoms with van der Waals surface area (Å²) in [6.07, 6.45) is -1.77. The second kappa shape index (κ2) is 39.2. The zero-order valence-electron chi connectivity index (χ0n) is 53.3. The molecule has 0 aromatic heterocycles. The molecule has 97 heavy (non-hydrogen) atoms. The number of amides is 11. The van der Waals surface area contributed by atoms with E-state index in [1.807, 2.05) is 22.6 Å². The molecule has 1 saturated heterocycles. The van der Waals surface area contributed by atoms with Crippen LogP contribution >= 0.6 is 22.6 Å². The van der Waals surface area contributed by atoms with E-state index in [4.69, 9.17) is 50.4 Å². The Morgan fingerprint density at radius 2 is 1.09 bits per heavy atom. The van der Waals surface area contributed by atoms with Gasteiger partial charge < -0.3 is 92.1 Å². The number of aliphatic imine (C=N–C) groups is 2. The molecule has 34 heteroatoms. The zero-order valence-corrected chi connectivity index (χ0v) is 55.5. The summed E-state index contributed by atoms with van der Waals surface area (Å²) in [6, 6.07) is 14.5. The minimum atomic E-state index is -1.87. The maximum absolute atomic E-state index is 14.8. The molecule has 1 fully saturated rings. The lowest BCUT2D eigenvalue weighted by atomic mass is 10.0. The molecule has 4 aromatic carbocycles. The zero-order chi connectivity index (χ0) is 71.1. The van der Waals surface area contributed by atoms with E-state index in [0.717, 1.165) is 5.56 Å². The van der Waals surface area contributed by atoms with Crippen molar-refractivity contribution in [3.05, 3.63) is 133 Å². The fourth-order valence-electron chi connectivity index (χ4n) is 10.3. The van der Waals surface area contributed by atoms with E-state index in [-0.39, 0.29) is 108 Å². The predicted octanol–water partition coefficient (Wildman–Crippen LogP) is -1.27. The van der Waals surface area contributed by atoms with Crippen molar-refractivity contribution < 1.29 is 62.6 Å². The number of azide groups is 1. The van der Waals surface area contributed by atoms with Crippen LogP contribution in [0.3, 0.4) is 0 Å². The molecule has 1 aliphatic heterocycles. The third kappa shape index (κ3) is 26.5. The number of nitrogens with two attached hydrogens (primary N) is 7. The van der Waals surface area contributed by atoms with Crippen LogP contribution in [-0.4, -0.2) is 162 Å². The van der Waals surface area contributed by atoms with Gasteiger partial charge in [0.05, 0.1) is 17.1 Å². The molecule has 4 aromatic rings. The van der Waals surface area contributed by atoms with Gasteiger partial charge >= 0.3 is 0 Å². The van der Waals surface area contributed by atoms with Crippen LogP contribution in [0.2, 0.25) is 0 Å². The lowest BCUT2D eigenvalue weighted by Gasteiger charge is -2.31. The fraction of sp³-hybridized carbons (Fsp3) is 0.413. The minimum absolute atomic E-state index is 0.00594. The molecule has 1 heterocycles. The summed E-state index contributed by atoms with van der Waals surface area (Å²) in [6.45, 7) is -0.0399. The molecule has 1 aliphatic rings. The van der Waals surface area contributed by atoms with E-state index >= 15 is 0 Å². The number of hydrogen-bond donors (Lipinski definition) is 15. The lowest BCUT2D eigenvalue weighted by Crippen LogP contribution is -2.60. The number of benzene rings is 4. The number of primary amides is 3. The van der Waals surface area contributed by atoms with Crippen molar-refractivity contribution in [2.24, 2.45) is 55.2 Å². The fourth-order valence-corrected chi connectivity index (χ4v) is 10.9. The van der Waals surface area contributed by atoms with E-state index in [9.17, 15) is 57.8 Å². The Morgan fingerprint density at radius 1 is 0.588 bits per heavy atom. The molecule has 11 amide bonds. The van der Waals surface area contributed by atoms with Gasteiger partial charge in [0.25, 0.3) is 0 Å². The first-order valence-electron chi connectivity index (χ1n) is 30.9. The summed E-state index contributed by atoms with van der Waals surface area (Å²) in [5.74, 6) is -9.93. The van der Waals surface area contributed by atoms with Crippen molar-refractivity contribution in [1.29, 1.82) is 0 Å². The Balaban J connectivity index is 1.39. The first-order chi connectivity index (χ1) is 46.2. The van der Waals surface area contributed by atoms with Crippen molar-refractivity contribution in [1.82, 2.24) is 42.1 Å². The van der Waals surface area contributed by atoms with Gasteiger partial charge in [-0.05, 0) is 126 Å². The van der Waals surface area contributed by atoms with Crippen LogP contribution in [0.25, 0.3) is 10.4 Å². The quantitative estimate of drug-likeness (QED) is 0.00471. The van der Waals surface area contributed by atoms with E-state index in [1.54, 1.807) is 91.0 Å². The summed E-state index contributed by atoms with van der Waals surface area (Å²) >= 11 is 1.90. The molecule has 22 N–H and O–H groups in total. The van der Waals surface area contributed by atoms with Crippen molar-refractivity contribution in [3.63, 3.8) is 0 Å². The van der Waals surface area contributed by atoms with E-state index in [1.165, 1.54) is 18.1 Å². The molecule has 0 unspecified atom stereocenters. The summed E-state index contributed by atoms with van der Waals surface area (Å²) in [5, 5.41) is 31.9. The van der Waals surface area contributed by atoms with Crippen LogP contribution < -0.4 is 82.1 Å². The van der Waals surface area contributed by atoms with Crippen LogP contribution in [0.4, 0.5) is 5.69 Å². The number of likely N-dealkylation sites (tertiary alicyclic amines) is 1. The molecule has 0 aliphatic carbocycles. The number of aromatic hydroxyl groups is 1. The summed E-state index contributed by atoms with van der Waals surface area (Å²) in [7, 11) is 1.48. The molecule has 0 saturated carbocycles. The molecular weight excluding hydrogens is 1370 g/mol.